The number of carbonyl (C=O) groups is 1. The van der Waals surface area contributed by atoms with Crippen LogP contribution in [-0.4, -0.2) is 41.9 Å². The van der Waals surface area contributed by atoms with Gasteiger partial charge in [0.15, 0.2) is 0 Å². The zero-order valence-electron chi connectivity index (χ0n) is 12.4. The van der Waals surface area contributed by atoms with Gasteiger partial charge in [0.05, 0.1) is 0 Å². The van der Waals surface area contributed by atoms with Crippen LogP contribution < -0.4 is 0 Å². The van der Waals surface area contributed by atoms with Crippen LogP contribution in [0.3, 0.4) is 0 Å². The van der Waals surface area contributed by atoms with Crippen LogP contribution in [0.5, 0.6) is 0 Å². The van der Waals surface area contributed by atoms with Crippen molar-refractivity contribution in [2.75, 3.05) is 20.2 Å². The topological polar surface area (TPSA) is 52.9 Å². The minimum atomic E-state index is -0.443. The lowest BCUT2D eigenvalue weighted by Crippen LogP contribution is -2.43. The Morgan fingerprint density at radius 3 is 2.30 bits per heavy atom. The number of nitrogens with zero attached hydrogens (tertiary/aromatic N) is 2. The predicted octanol–water partition coefficient (Wildman–Crippen LogP) is 2.07. The Morgan fingerprint density at radius 2 is 1.90 bits per heavy atom. The Hall–Kier alpha value is -1.75. The Bertz CT molecular complexity index is 495. The molecule has 0 aromatic heterocycles. The number of aliphatic imine (C=N–C) groups is 1. The largest absolute Gasteiger partial charge is 0.396 e. The van der Waals surface area contributed by atoms with Gasteiger partial charge in [-0.3, -0.25) is 14.7 Å². The van der Waals surface area contributed by atoms with E-state index in [9.17, 15) is 14.3 Å². The van der Waals surface area contributed by atoms with E-state index in [-0.39, 0.29) is 18.3 Å². The number of rotatable bonds is 4. The number of halogens is 1. The van der Waals surface area contributed by atoms with E-state index >= 15 is 0 Å². The minimum Gasteiger partial charge on any atom is -0.396 e. The van der Waals surface area contributed by atoms with Gasteiger partial charge in [-0.25, -0.2) is 4.39 Å². The smallest absolute Gasteiger partial charge is 0.225 e. The lowest BCUT2D eigenvalue weighted by molar-refractivity contribution is -0.126. The molecule has 0 radical (unpaired) electrons. The molecule has 110 valence electrons. The van der Waals surface area contributed by atoms with Crippen molar-refractivity contribution in [1.29, 1.82) is 0 Å². The van der Waals surface area contributed by atoms with Gasteiger partial charge in [-0.1, -0.05) is 13.8 Å². The van der Waals surface area contributed by atoms with E-state index < -0.39 is 5.41 Å². The molecule has 0 aliphatic heterocycles. The Kier molecular flexibility index (Phi) is 5.39. The average Bonchev–Trinajstić information content (AvgIpc) is 2.40. The summed E-state index contributed by atoms with van der Waals surface area (Å²) >= 11 is 0. The number of aliphatic hydroxyl groups is 1. The zero-order valence-corrected chi connectivity index (χ0v) is 12.4. The number of amidine groups is 1. The third kappa shape index (κ3) is 4.13. The van der Waals surface area contributed by atoms with Gasteiger partial charge in [0.2, 0.25) is 5.91 Å². The maximum atomic E-state index is 13.0. The fourth-order valence-corrected chi connectivity index (χ4v) is 1.82. The van der Waals surface area contributed by atoms with E-state index in [1.807, 2.05) is 13.8 Å². The lowest BCUT2D eigenvalue weighted by atomic mass is 9.93. The molecular weight excluding hydrogens is 259 g/mol. The van der Waals surface area contributed by atoms with Crippen LogP contribution in [0, 0.1) is 11.2 Å². The highest BCUT2D eigenvalue weighted by molar-refractivity contribution is 6.07. The number of carbonyl (C=O) groups excluding carboxylic acids is 1. The summed E-state index contributed by atoms with van der Waals surface area (Å²) < 4.78 is 13.0. The number of amides is 1. The summed E-state index contributed by atoms with van der Waals surface area (Å²) in [6, 6.07) is 5.82. The molecule has 4 nitrogen and oxygen atoms in total. The third-order valence-electron chi connectivity index (χ3n) is 2.96. The summed E-state index contributed by atoms with van der Waals surface area (Å²) in [6.07, 6.45) is 0. The number of aliphatic hydroxyl groups excluding tert-OH is 1. The van der Waals surface area contributed by atoms with Gasteiger partial charge in [0.25, 0.3) is 0 Å². The van der Waals surface area contributed by atoms with Crippen molar-refractivity contribution in [2.24, 2.45) is 10.4 Å². The first-order chi connectivity index (χ1) is 9.30. The van der Waals surface area contributed by atoms with Gasteiger partial charge in [0, 0.05) is 38.1 Å². The maximum Gasteiger partial charge on any atom is 0.225 e. The van der Waals surface area contributed by atoms with Gasteiger partial charge < -0.3 is 5.11 Å². The van der Waals surface area contributed by atoms with Gasteiger partial charge >= 0.3 is 0 Å². The van der Waals surface area contributed by atoms with Crippen LogP contribution in [-0.2, 0) is 4.79 Å². The first-order valence-electron chi connectivity index (χ1n) is 6.42. The second-order valence-electron chi connectivity index (χ2n) is 5.48. The van der Waals surface area contributed by atoms with Crippen molar-refractivity contribution in [2.45, 2.75) is 20.8 Å². The maximum absolute atomic E-state index is 13.0. The molecule has 0 unspecified atom stereocenters. The molecule has 0 atom stereocenters. The van der Waals surface area contributed by atoms with Gasteiger partial charge in [-0.2, -0.15) is 0 Å². The molecular formula is C15H21FN2O2. The number of hydrogen-bond donors (Lipinski definition) is 1. The zero-order chi connectivity index (χ0) is 15.3. The van der Waals surface area contributed by atoms with Crippen LogP contribution >= 0.6 is 0 Å². The summed E-state index contributed by atoms with van der Waals surface area (Å²) in [6.45, 7) is 5.46. The van der Waals surface area contributed by atoms with Crippen molar-refractivity contribution in [1.82, 2.24) is 4.90 Å². The monoisotopic (exact) mass is 280 g/mol. The summed E-state index contributed by atoms with van der Waals surface area (Å²) in [5.74, 6) is -0.0373. The SMILES string of the molecule is CN=C(c1ccc(F)cc1)N(CC(C)(C)CO)C(C)=O. The van der Waals surface area contributed by atoms with Crippen LogP contribution in [0.2, 0.25) is 0 Å². The molecule has 0 spiro atoms. The molecule has 20 heavy (non-hydrogen) atoms. The second-order valence-corrected chi connectivity index (χ2v) is 5.48. The third-order valence-corrected chi connectivity index (χ3v) is 2.96. The number of benzene rings is 1. The van der Waals surface area contributed by atoms with Gasteiger partial charge in [-0.15, -0.1) is 0 Å². The van der Waals surface area contributed by atoms with Crippen LogP contribution in [0.4, 0.5) is 4.39 Å². The molecule has 0 heterocycles. The van der Waals surface area contributed by atoms with Crippen molar-refractivity contribution in [3.05, 3.63) is 35.6 Å². The van der Waals surface area contributed by atoms with Crippen molar-refractivity contribution in [3.8, 4) is 0 Å². The van der Waals surface area contributed by atoms with Gasteiger partial charge in [0.1, 0.15) is 11.7 Å². The highest BCUT2D eigenvalue weighted by Gasteiger charge is 2.26. The molecule has 0 fully saturated rings. The molecule has 0 aliphatic carbocycles. The summed E-state index contributed by atoms with van der Waals surface area (Å²) in [4.78, 5) is 17.5. The van der Waals surface area contributed by atoms with Crippen molar-refractivity contribution in [3.63, 3.8) is 0 Å². The highest BCUT2D eigenvalue weighted by Crippen LogP contribution is 2.18. The number of hydrogen-bond acceptors (Lipinski definition) is 3. The first-order valence-corrected chi connectivity index (χ1v) is 6.42. The normalized spacial score (nSPS) is 12.4. The van der Waals surface area contributed by atoms with E-state index in [0.717, 1.165) is 0 Å². The molecule has 0 bridgehead atoms. The molecule has 0 aliphatic rings. The molecule has 0 saturated heterocycles. The van der Waals surface area contributed by atoms with Gasteiger partial charge in [-0.05, 0) is 24.3 Å². The first kappa shape index (κ1) is 16.3. The Labute approximate surface area is 118 Å². The lowest BCUT2D eigenvalue weighted by Gasteiger charge is -2.31. The molecule has 1 amide bonds. The van der Waals surface area contributed by atoms with Crippen molar-refractivity contribution >= 4 is 11.7 Å². The van der Waals surface area contributed by atoms with Crippen molar-refractivity contribution < 1.29 is 14.3 Å². The van der Waals surface area contributed by atoms with E-state index in [1.165, 1.54) is 24.0 Å². The molecule has 1 rings (SSSR count). The molecule has 1 N–H and O–H groups in total. The van der Waals surface area contributed by atoms with E-state index in [0.29, 0.717) is 17.9 Å². The van der Waals surface area contributed by atoms with E-state index in [2.05, 4.69) is 4.99 Å². The Morgan fingerprint density at radius 1 is 1.35 bits per heavy atom. The molecule has 5 heteroatoms. The quantitative estimate of drug-likeness (QED) is 0.678. The summed E-state index contributed by atoms with van der Waals surface area (Å²) in [5, 5.41) is 9.36. The summed E-state index contributed by atoms with van der Waals surface area (Å²) in [7, 11) is 1.58. The molecule has 1 aromatic carbocycles. The predicted molar refractivity (Wildman–Crippen MR) is 77.1 cm³/mol. The standard InChI is InChI=1S/C15H21FN2O2/c1-11(20)18(9-15(2,3)10-19)14(17-4)12-5-7-13(16)8-6-12/h5-8,19H,9-10H2,1-4H3. The second kappa shape index (κ2) is 6.61. The van der Waals surface area contributed by atoms with Crippen LogP contribution in [0.25, 0.3) is 0 Å². The minimum absolute atomic E-state index is 0.0445. The average molecular weight is 280 g/mol. The fourth-order valence-electron chi connectivity index (χ4n) is 1.82. The summed E-state index contributed by atoms with van der Waals surface area (Å²) in [5.41, 5.74) is 0.222. The van der Waals surface area contributed by atoms with Crippen LogP contribution in [0.1, 0.15) is 26.3 Å². The van der Waals surface area contributed by atoms with Crippen LogP contribution in [0.15, 0.2) is 29.3 Å². The highest BCUT2D eigenvalue weighted by atomic mass is 19.1. The molecule has 0 saturated carbocycles. The fraction of sp³-hybridized carbons (Fsp3) is 0.467. The molecule has 1 aromatic rings. The van der Waals surface area contributed by atoms with E-state index in [4.69, 9.17) is 0 Å². The Balaban J connectivity index is 3.11. The van der Waals surface area contributed by atoms with E-state index in [1.54, 1.807) is 19.2 Å².